The van der Waals surface area contributed by atoms with E-state index < -0.39 is 4.32 Å². The maximum absolute atomic E-state index is 10.9. The van der Waals surface area contributed by atoms with Crippen molar-refractivity contribution in [1.29, 1.82) is 5.26 Å². The summed E-state index contributed by atoms with van der Waals surface area (Å²) in [4.78, 5) is 10.9. The molecular weight excluding hydrogens is 196 g/mol. The van der Waals surface area contributed by atoms with Crippen molar-refractivity contribution < 1.29 is 4.79 Å². The van der Waals surface area contributed by atoms with Gasteiger partial charge in [-0.1, -0.05) is 15.9 Å². The zero-order chi connectivity index (χ0) is 8.20. The number of hydrogen-bond acceptors (Lipinski definition) is 2. The van der Waals surface area contributed by atoms with Gasteiger partial charge >= 0.3 is 0 Å². The van der Waals surface area contributed by atoms with Gasteiger partial charge in [0.2, 0.25) is 5.91 Å². The lowest BCUT2D eigenvalue weighted by Gasteiger charge is -2.13. The summed E-state index contributed by atoms with van der Waals surface area (Å²) in [5.74, 6) is -0.172. The Morgan fingerprint density at radius 2 is 2.30 bits per heavy atom. The van der Waals surface area contributed by atoms with Crippen LogP contribution in [0, 0.1) is 11.3 Å². The first kappa shape index (κ1) is 9.44. The number of halogens is 1. The number of nitrogens with one attached hydrogen (secondary N) is 1. The van der Waals surface area contributed by atoms with Gasteiger partial charge in [-0.3, -0.25) is 4.79 Å². The van der Waals surface area contributed by atoms with Gasteiger partial charge in [0.25, 0.3) is 0 Å². The van der Waals surface area contributed by atoms with Crippen LogP contribution in [0.5, 0.6) is 0 Å². The van der Waals surface area contributed by atoms with Gasteiger partial charge in [-0.15, -0.1) is 0 Å². The number of nitriles is 1. The summed E-state index contributed by atoms with van der Waals surface area (Å²) in [5, 5.41) is 10.5. The number of carbonyl (C=O) groups is 1. The standard InChI is InChI=1S/C6H9BrN2O/c1-6(2,7)5(10)9-4-3-8/h4H2,1-2H3,(H,9,10). The second-order valence-corrected chi connectivity index (χ2v) is 4.30. The molecule has 0 aromatic carbocycles. The molecule has 10 heavy (non-hydrogen) atoms. The number of nitrogens with zero attached hydrogens (tertiary/aromatic N) is 1. The number of carbonyl (C=O) groups excluding carboxylic acids is 1. The summed E-state index contributed by atoms with van der Waals surface area (Å²) in [6.45, 7) is 3.51. The van der Waals surface area contributed by atoms with Crippen LogP contribution in [-0.2, 0) is 4.79 Å². The second kappa shape index (κ2) is 3.57. The smallest absolute Gasteiger partial charge is 0.237 e. The van der Waals surface area contributed by atoms with E-state index in [1.54, 1.807) is 13.8 Å². The van der Waals surface area contributed by atoms with Crippen LogP contribution in [0.1, 0.15) is 13.8 Å². The number of alkyl halides is 1. The Kier molecular flexibility index (Phi) is 3.37. The summed E-state index contributed by atoms with van der Waals surface area (Å²) in [6, 6.07) is 1.82. The lowest BCUT2D eigenvalue weighted by molar-refractivity contribution is -0.122. The van der Waals surface area contributed by atoms with Crippen molar-refractivity contribution in [2.75, 3.05) is 6.54 Å². The second-order valence-electron chi connectivity index (χ2n) is 2.31. The predicted octanol–water partition coefficient (Wildman–Crippen LogP) is 0.800. The molecule has 1 N–H and O–H groups in total. The summed E-state index contributed by atoms with van der Waals surface area (Å²) in [7, 11) is 0. The first-order chi connectivity index (χ1) is 4.48. The van der Waals surface area contributed by atoms with Crippen molar-refractivity contribution in [1.82, 2.24) is 5.32 Å². The molecule has 0 atom stereocenters. The molecule has 0 aliphatic carbocycles. The average Bonchev–Trinajstić information content (AvgIpc) is 1.80. The zero-order valence-corrected chi connectivity index (χ0v) is 7.53. The monoisotopic (exact) mass is 204 g/mol. The lowest BCUT2D eigenvalue weighted by Crippen LogP contribution is -2.37. The summed E-state index contributed by atoms with van der Waals surface area (Å²) in [5.41, 5.74) is 0. The Labute approximate surface area is 68.5 Å². The van der Waals surface area contributed by atoms with Crippen LogP contribution in [0.2, 0.25) is 0 Å². The quantitative estimate of drug-likeness (QED) is 0.535. The van der Waals surface area contributed by atoms with Gasteiger partial charge in [-0.2, -0.15) is 5.26 Å². The van der Waals surface area contributed by atoms with E-state index in [0.29, 0.717) is 0 Å². The normalized spacial score (nSPS) is 10.2. The highest BCUT2D eigenvalue weighted by atomic mass is 79.9. The average molecular weight is 205 g/mol. The number of hydrogen-bond donors (Lipinski definition) is 1. The van der Waals surface area contributed by atoms with Crippen molar-refractivity contribution in [2.45, 2.75) is 18.2 Å². The molecule has 0 fully saturated rings. The largest absolute Gasteiger partial charge is 0.342 e. The molecule has 0 spiro atoms. The van der Waals surface area contributed by atoms with Crippen molar-refractivity contribution in [3.8, 4) is 6.07 Å². The van der Waals surface area contributed by atoms with Gasteiger partial charge in [0.05, 0.1) is 10.4 Å². The van der Waals surface area contributed by atoms with E-state index >= 15 is 0 Å². The Hall–Kier alpha value is -0.560. The molecule has 0 saturated heterocycles. The van der Waals surface area contributed by atoms with Crippen LogP contribution in [-0.4, -0.2) is 16.8 Å². The molecule has 0 bridgehead atoms. The minimum atomic E-state index is -0.580. The highest BCUT2D eigenvalue weighted by Crippen LogP contribution is 2.14. The first-order valence-electron chi connectivity index (χ1n) is 2.82. The zero-order valence-electron chi connectivity index (χ0n) is 5.94. The third-order valence-electron chi connectivity index (χ3n) is 0.868. The van der Waals surface area contributed by atoms with Gasteiger partial charge in [0.15, 0.2) is 0 Å². The summed E-state index contributed by atoms with van der Waals surface area (Å²) >= 11 is 3.15. The highest BCUT2D eigenvalue weighted by Gasteiger charge is 2.22. The van der Waals surface area contributed by atoms with Crippen LogP contribution in [0.15, 0.2) is 0 Å². The molecular formula is C6H9BrN2O. The van der Waals surface area contributed by atoms with Crippen molar-refractivity contribution in [3.05, 3.63) is 0 Å². The van der Waals surface area contributed by atoms with Gasteiger partial charge < -0.3 is 5.32 Å². The molecule has 0 aliphatic heterocycles. The maximum Gasteiger partial charge on any atom is 0.237 e. The third-order valence-corrected chi connectivity index (χ3v) is 1.23. The van der Waals surface area contributed by atoms with E-state index in [1.165, 1.54) is 0 Å². The van der Waals surface area contributed by atoms with Crippen molar-refractivity contribution in [2.24, 2.45) is 0 Å². The van der Waals surface area contributed by atoms with E-state index in [4.69, 9.17) is 5.26 Å². The Bertz CT molecular complexity index is 166. The van der Waals surface area contributed by atoms with Crippen LogP contribution in [0.3, 0.4) is 0 Å². The SMILES string of the molecule is CC(C)(Br)C(=O)NCC#N. The summed E-state index contributed by atoms with van der Waals surface area (Å²) in [6.07, 6.45) is 0. The van der Waals surface area contributed by atoms with E-state index in [0.717, 1.165) is 0 Å². The van der Waals surface area contributed by atoms with Crippen LogP contribution < -0.4 is 5.32 Å². The van der Waals surface area contributed by atoms with Gasteiger partial charge in [0.1, 0.15) is 6.54 Å². The molecule has 0 aromatic heterocycles. The molecule has 0 unspecified atom stereocenters. The Morgan fingerprint density at radius 3 is 2.60 bits per heavy atom. The minimum Gasteiger partial charge on any atom is -0.342 e. The molecule has 0 heterocycles. The van der Waals surface area contributed by atoms with Crippen molar-refractivity contribution >= 4 is 21.8 Å². The molecule has 0 radical (unpaired) electrons. The maximum atomic E-state index is 10.9. The van der Waals surface area contributed by atoms with Gasteiger partial charge in [-0.05, 0) is 13.8 Å². The van der Waals surface area contributed by atoms with Crippen LogP contribution in [0.4, 0.5) is 0 Å². The van der Waals surface area contributed by atoms with Gasteiger partial charge in [0, 0.05) is 0 Å². The summed E-state index contributed by atoms with van der Waals surface area (Å²) < 4.78 is -0.580. The first-order valence-corrected chi connectivity index (χ1v) is 3.62. The highest BCUT2D eigenvalue weighted by molar-refractivity contribution is 9.10. The Balaban J connectivity index is 3.78. The van der Waals surface area contributed by atoms with Crippen molar-refractivity contribution in [3.63, 3.8) is 0 Å². The molecule has 1 amide bonds. The molecule has 0 aromatic rings. The fraction of sp³-hybridized carbons (Fsp3) is 0.667. The van der Waals surface area contributed by atoms with Crippen LogP contribution >= 0.6 is 15.9 Å². The lowest BCUT2D eigenvalue weighted by atomic mass is 10.2. The molecule has 0 saturated carbocycles. The molecule has 4 heteroatoms. The van der Waals surface area contributed by atoms with E-state index in [-0.39, 0.29) is 12.5 Å². The van der Waals surface area contributed by atoms with E-state index in [2.05, 4.69) is 21.2 Å². The predicted molar refractivity (Wildman–Crippen MR) is 41.6 cm³/mol. The molecule has 56 valence electrons. The fourth-order valence-electron chi connectivity index (χ4n) is 0.330. The van der Waals surface area contributed by atoms with Gasteiger partial charge in [-0.25, -0.2) is 0 Å². The van der Waals surface area contributed by atoms with Crippen LogP contribution in [0.25, 0.3) is 0 Å². The topological polar surface area (TPSA) is 52.9 Å². The third kappa shape index (κ3) is 3.46. The molecule has 0 aliphatic rings. The molecule has 3 nitrogen and oxygen atoms in total. The fourth-order valence-corrected chi connectivity index (χ4v) is 0.470. The number of amides is 1. The number of rotatable bonds is 2. The van der Waals surface area contributed by atoms with E-state index in [1.807, 2.05) is 6.07 Å². The Morgan fingerprint density at radius 1 is 1.80 bits per heavy atom. The molecule has 0 rings (SSSR count). The minimum absolute atomic E-state index is 0.0634. The van der Waals surface area contributed by atoms with E-state index in [9.17, 15) is 4.79 Å².